The topological polar surface area (TPSA) is 88.1 Å². The van der Waals surface area contributed by atoms with Crippen LogP contribution in [-0.4, -0.2) is 43.5 Å². The van der Waals surface area contributed by atoms with Crippen LogP contribution in [0.25, 0.3) is 0 Å². The Hall–Kier alpha value is -2.78. The van der Waals surface area contributed by atoms with Crippen LogP contribution in [-0.2, 0) is 19.7 Å². The highest BCUT2D eigenvalue weighted by Crippen LogP contribution is 2.25. The number of oxime groups is 1. The highest BCUT2D eigenvalue weighted by Gasteiger charge is 2.30. The molecule has 2 atom stereocenters. The maximum absolute atomic E-state index is 13.4. The van der Waals surface area contributed by atoms with Crippen LogP contribution < -0.4 is 5.32 Å². The molecule has 2 heterocycles. The van der Waals surface area contributed by atoms with Crippen molar-refractivity contribution in [2.45, 2.75) is 37.2 Å². The van der Waals surface area contributed by atoms with Gasteiger partial charge in [-0.3, -0.25) is 4.79 Å². The normalized spacial score (nSPS) is 21.9. The second-order valence-corrected chi connectivity index (χ2v) is 9.91. The van der Waals surface area contributed by atoms with Crippen LogP contribution in [0, 0.1) is 11.7 Å². The molecule has 0 bridgehead atoms. The lowest BCUT2D eigenvalue weighted by atomic mass is 10.0. The molecule has 4 rings (SSSR count). The summed E-state index contributed by atoms with van der Waals surface area (Å²) in [6.45, 7) is 3.10. The average Bonchev–Trinajstić information content (AvgIpc) is 3.25. The molecule has 9 heteroatoms. The zero-order valence-corrected chi connectivity index (χ0v) is 17.9. The van der Waals surface area contributed by atoms with E-state index in [0.717, 1.165) is 12.8 Å². The summed E-state index contributed by atoms with van der Waals surface area (Å²) >= 11 is 0. The van der Waals surface area contributed by atoms with Gasteiger partial charge in [0.05, 0.1) is 10.6 Å². The molecule has 2 unspecified atom stereocenters. The smallest absolute Gasteiger partial charge is 0.268 e. The predicted molar refractivity (Wildman–Crippen MR) is 115 cm³/mol. The van der Waals surface area contributed by atoms with E-state index in [1.54, 1.807) is 24.3 Å². The van der Waals surface area contributed by atoms with Gasteiger partial charge in [0.2, 0.25) is 16.1 Å². The van der Waals surface area contributed by atoms with Gasteiger partial charge < -0.3 is 10.2 Å². The van der Waals surface area contributed by atoms with Gasteiger partial charge in [0.25, 0.3) is 5.91 Å². The molecule has 0 aromatic heterocycles. The van der Waals surface area contributed by atoms with Gasteiger partial charge in [-0.2, -0.15) is 4.31 Å². The van der Waals surface area contributed by atoms with Gasteiger partial charge >= 0.3 is 0 Å². The third-order valence-electron chi connectivity index (χ3n) is 5.50. The highest BCUT2D eigenvalue weighted by atomic mass is 32.2. The van der Waals surface area contributed by atoms with Gasteiger partial charge in [0.1, 0.15) is 5.82 Å². The number of anilines is 1. The molecule has 7 nitrogen and oxygen atoms in total. The van der Waals surface area contributed by atoms with E-state index < -0.39 is 22.0 Å². The molecule has 31 heavy (non-hydrogen) atoms. The first kappa shape index (κ1) is 21.5. The van der Waals surface area contributed by atoms with E-state index >= 15 is 0 Å². The van der Waals surface area contributed by atoms with E-state index in [0.29, 0.717) is 36.0 Å². The number of nitrogens with zero attached hydrogens (tertiary/aromatic N) is 2. The number of benzene rings is 2. The lowest BCUT2D eigenvalue weighted by molar-refractivity contribution is -0.125. The van der Waals surface area contributed by atoms with Crippen LogP contribution in [0.4, 0.5) is 10.1 Å². The third kappa shape index (κ3) is 4.77. The maximum atomic E-state index is 13.4. The molecule has 0 radical (unpaired) electrons. The van der Waals surface area contributed by atoms with Crippen molar-refractivity contribution >= 4 is 27.3 Å². The van der Waals surface area contributed by atoms with Crippen molar-refractivity contribution in [2.75, 3.05) is 18.4 Å². The fraction of sp³-hybridized carbons (Fsp3) is 0.364. The quantitative estimate of drug-likeness (QED) is 0.764. The summed E-state index contributed by atoms with van der Waals surface area (Å²) in [6, 6.07) is 12.0. The zero-order chi connectivity index (χ0) is 22.0. The van der Waals surface area contributed by atoms with E-state index in [2.05, 4.69) is 17.4 Å². The molecule has 0 saturated carbocycles. The first-order valence-electron chi connectivity index (χ1n) is 10.2. The van der Waals surface area contributed by atoms with Crippen molar-refractivity contribution in [3.63, 3.8) is 0 Å². The Labute approximate surface area is 180 Å². The molecule has 1 fully saturated rings. The lowest BCUT2D eigenvalue weighted by Gasteiger charge is -2.30. The van der Waals surface area contributed by atoms with E-state index in [1.807, 2.05) is 0 Å². The molecule has 0 aliphatic carbocycles. The summed E-state index contributed by atoms with van der Waals surface area (Å²) in [5.74, 6) is -0.453. The van der Waals surface area contributed by atoms with Crippen LogP contribution in [0.15, 0.2) is 58.6 Å². The largest absolute Gasteiger partial charge is 0.382 e. The SMILES string of the molecule is CC1CCCN(S(=O)(=O)c2ccc(NC(=O)C3CC(c4cccc(F)c4)=NO3)cc2)C1. The summed E-state index contributed by atoms with van der Waals surface area (Å²) < 4.78 is 40.6. The zero-order valence-electron chi connectivity index (χ0n) is 17.1. The first-order valence-corrected chi connectivity index (χ1v) is 11.7. The second-order valence-electron chi connectivity index (χ2n) is 7.97. The van der Waals surface area contributed by atoms with Crippen LogP contribution in [0.5, 0.6) is 0 Å². The van der Waals surface area contributed by atoms with Gasteiger partial charge in [-0.05, 0) is 55.2 Å². The fourth-order valence-electron chi connectivity index (χ4n) is 3.80. The number of halogens is 1. The van der Waals surface area contributed by atoms with Crippen LogP contribution >= 0.6 is 0 Å². The van der Waals surface area contributed by atoms with Crippen LogP contribution in [0.2, 0.25) is 0 Å². The Kier molecular flexibility index (Phi) is 6.06. The number of nitrogens with one attached hydrogen (secondary N) is 1. The molecule has 2 aromatic carbocycles. The molecule has 2 aliphatic heterocycles. The van der Waals surface area contributed by atoms with Crippen molar-refractivity contribution in [1.29, 1.82) is 0 Å². The van der Waals surface area contributed by atoms with Crippen molar-refractivity contribution in [2.24, 2.45) is 11.1 Å². The van der Waals surface area contributed by atoms with E-state index in [4.69, 9.17) is 4.84 Å². The Morgan fingerprint density at radius 3 is 2.71 bits per heavy atom. The number of carbonyl (C=O) groups is 1. The van der Waals surface area contributed by atoms with Gasteiger partial charge in [-0.15, -0.1) is 0 Å². The van der Waals surface area contributed by atoms with Crippen LogP contribution in [0.1, 0.15) is 31.7 Å². The minimum absolute atomic E-state index is 0.202. The molecule has 164 valence electrons. The molecular formula is C22H24FN3O4S. The van der Waals surface area contributed by atoms with Crippen LogP contribution in [0.3, 0.4) is 0 Å². The predicted octanol–water partition coefficient (Wildman–Crippen LogP) is 3.38. The molecule has 0 spiro atoms. The number of rotatable bonds is 5. The number of sulfonamides is 1. The molecular weight excluding hydrogens is 421 g/mol. The van der Waals surface area contributed by atoms with E-state index in [-0.39, 0.29) is 17.1 Å². The Bertz CT molecular complexity index is 1100. The summed E-state index contributed by atoms with van der Waals surface area (Å²) in [6.07, 6.45) is 1.27. The molecule has 2 aliphatic rings. The molecule has 1 saturated heterocycles. The van der Waals surface area contributed by atoms with Crippen molar-refractivity contribution in [3.8, 4) is 0 Å². The van der Waals surface area contributed by atoms with E-state index in [9.17, 15) is 17.6 Å². The number of hydrogen-bond donors (Lipinski definition) is 1. The van der Waals surface area contributed by atoms with Gasteiger partial charge in [0, 0.05) is 30.8 Å². The van der Waals surface area contributed by atoms with E-state index in [1.165, 1.54) is 28.6 Å². The number of carbonyl (C=O) groups excluding carboxylic acids is 1. The van der Waals surface area contributed by atoms with Crippen molar-refractivity contribution in [3.05, 3.63) is 59.9 Å². The first-order chi connectivity index (χ1) is 14.8. The highest BCUT2D eigenvalue weighted by molar-refractivity contribution is 7.89. The Morgan fingerprint density at radius 1 is 1.23 bits per heavy atom. The van der Waals surface area contributed by atoms with Gasteiger partial charge in [-0.25, -0.2) is 12.8 Å². The minimum Gasteiger partial charge on any atom is -0.382 e. The Balaban J connectivity index is 1.38. The summed E-state index contributed by atoms with van der Waals surface area (Å²) in [7, 11) is -3.55. The number of amides is 1. The van der Waals surface area contributed by atoms with Gasteiger partial charge in [-0.1, -0.05) is 24.2 Å². The maximum Gasteiger partial charge on any atom is 0.268 e. The summed E-state index contributed by atoms with van der Waals surface area (Å²) in [5.41, 5.74) is 1.52. The number of piperidine rings is 1. The standard InChI is InChI=1S/C22H24FN3O4S/c1-15-4-3-11-26(14-15)31(28,29)19-9-7-18(8-10-19)24-22(27)21-13-20(25-30-21)16-5-2-6-17(23)12-16/h2,5-10,12,15,21H,3-4,11,13-14H2,1H3,(H,24,27). The average molecular weight is 446 g/mol. The lowest BCUT2D eigenvalue weighted by Crippen LogP contribution is -2.39. The third-order valence-corrected chi connectivity index (χ3v) is 7.38. The fourth-order valence-corrected chi connectivity index (χ4v) is 5.40. The summed E-state index contributed by atoms with van der Waals surface area (Å²) in [5, 5.41) is 6.61. The molecule has 1 amide bonds. The number of hydrogen-bond acceptors (Lipinski definition) is 5. The Morgan fingerprint density at radius 2 is 2.00 bits per heavy atom. The minimum atomic E-state index is -3.55. The summed E-state index contributed by atoms with van der Waals surface area (Å²) in [4.78, 5) is 17.9. The second kappa shape index (κ2) is 8.76. The molecule has 1 N–H and O–H groups in total. The molecule has 2 aromatic rings. The van der Waals surface area contributed by atoms with Gasteiger partial charge in [0.15, 0.2) is 0 Å². The monoisotopic (exact) mass is 445 g/mol. The van der Waals surface area contributed by atoms with Crippen molar-refractivity contribution in [1.82, 2.24) is 4.31 Å². The van der Waals surface area contributed by atoms with Crippen molar-refractivity contribution < 1.29 is 22.4 Å².